The Kier molecular flexibility index (Phi) is 5.14. The molecule has 5 nitrogen and oxygen atoms in total. The number of nitrogens with one attached hydrogen (secondary N) is 1. The maximum absolute atomic E-state index is 12.6. The molecule has 0 bridgehead atoms. The van der Waals surface area contributed by atoms with Crippen molar-refractivity contribution in [2.45, 2.75) is 26.7 Å². The van der Waals surface area contributed by atoms with Gasteiger partial charge in [0, 0.05) is 23.2 Å². The molecular formula is C18H21BrN4O. The second kappa shape index (κ2) is 7.30. The van der Waals surface area contributed by atoms with E-state index in [0.717, 1.165) is 46.6 Å². The first kappa shape index (κ1) is 16.9. The number of anilines is 2. The standard InChI is InChI=1S/C18H21BrN4O/c1-12-10-15(6-7-16(12)19)20-18(24)14-4-3-9-23(11-14)17-8-5-13(2)21-22-17/h5-8,10,14H,3-4,9,11H2,1-2H3,(H,20,24)/t14-/m1/s1. The first-order chi connectivity index (χ1) is 11.5. The summed E-state index contributed by atoms with van der Waals surface area (Å²) in [5, 5.41) is 11.4. The van der Waals surface area contributed by atoms with Crippen molar-refractivity contribution in [3.8, 4) is 0 Å². The van der Waals surface area contributed by atoms with Crippen LogP contribution in [0.4, 0.5) is 11.5 Å². The number of piperidine rings is 1. The molecule has 0 saturated carbocycles. The highest BCUT2D eigenvalue weighted by Crippen LogP contribution is 2.24. The molecule has 2 heterocycles. The SMILES string of the molecule is Cc1ccc(N2CCC[C@@H](C(=O)Nc3ccc(Br)c(C)c3)C2)nn1. The quantitative estimate of drug-likeness (QED) is 0.870. The first-order valence-electron chi connectivity index (χ1n) is 8.15. The van der Waals surface area contributed by atoms with Gasteiger partial charge in [-0.2, -0.15) is 5.10 Å². The Bertz CT molecular complexity index is 732. The number of benzene rings is 1. The highest BCUT2D eigenvalue weighted by molar-refractivity contribution is 9.10. The average molecular weight is 389 g/mol. The van der Waals surface area contributed by atoms with E-state index in [1.807, 2.05) is 44.2 Å². The zero-order valence-corrected chi connectivity index (χ0v) is 15.5. The summed E-state index contributed by atoms with van der Waals surface area (Å²) in [6, 6.07) is 9.78. The Balaban J connectivity index is 1.66. The van der Waals surface area contributed by atoms with E-state index in [1.54, 1.807) is 0 Å². The second-order valence-corrected chi connectivity index (χ2v) is 7.13. The summed E-state index contributed by atoms with van der Waals surface area (Å²) < 4.78 is 1.04. The Hall–Kier alpha value is -1.95. The van der Waals surface area contributed by atoms with Crippen molar-refractivity contribution in [3.63, 3.8) is 0 Å². The summed E-state index contributed by atoms with van der Waals surface area (Å²) >= 11 is 3.48. The van der Waals surface area contributed by atoms with E-state index in [0.29, 0.717) is 6.54 Å². The molecule has 0 aliphatic carbocycles. The zero-order valence-electron chi connectivity index (χ0n) is 13.9. The summed E-state index contributed by atoms with van der Waals surface area (Å²) in [6.45, 7) is 5.53. The lowest BCUT2D eigenvalue weighted by molar-refractivity contribution is -0.120. The van der Waals surface area contributed by atoms with Crippen LogP contribution in [0.15, 0.2) is 34.8 Å². The van der Waals surface area contributed by atoms with Crippen molar-refractivity contribution in [3.05, 3.63) is 46.1 Å². The number of aromatic nitrogens is 2. The molecular weight excluding hydrogens is 368 g/mol. The summed E-state index contributed by atoms with van der Waals surface area (Å²) in [5.41, 5.74) is 2.84. The molecule has 1 aromatic heterocycles. The van der Waals surface area contributed by atoms with Crippen LogP contribution in [0.5, 0.6) is 0 Å². The highest BCUT2D eigenvalue weighted by Gasteiger charge is 2.26. The predicted molar refractivity (Wildman–Crippen MR) is 99.2 cm³/mol. The maximum Gasteiger partial charge on any atom is 0.229 e. The van der Waals surface area contributed by atoms with Gasteiger partial charge in [-0.25, -0.2) is 0 Å². The molecule has 1 aromatic carbocycles. The van der Waals surface area contributed by atoms with Crippen molar-refractivity contribution in [2.75, 3.05) is 23.3 Å². The maximum atomic E-state index is 12.6. The molecule has 1 N–H and O–H groups in total. The number of carbonyl (C=O) groups excluding carboxylic acids is 1. The molecule has 1 saturated heterocycles. The van der Waals surface area contributed by atoms with E-state index in [-0.39, 0.29) is 11.8 Å². The number of carbonyl (C=O) groups is 1. The number of hydrogen-bond donors (Lipinski definition) is 1. The van der Waals surface area contributed by atoms with Gasteiger partial charge in [-0.05, 0) is 62.6 Å². The molecule has 1 aliphatic heterocycles. The minimum absolute atomic E-state index is 0.0363. The fourth-order valence-electron chi connectivity index (χ4n) is 2.93. The van der Waals surface area contributed by atoms with E-state index in [9.17, 15) is 4.79 Å². The third kappa shape index (κ3) is 3.93. The molecule has 24 heavy (non-hydrogen) atoms. The molecule has 1 aliphatic rings. The lowest BCUT2D eigenvalue weighted by Crippen LogP contribution is -2.41. The third-order valence-electron chi connectivity index (χ3n) is 4.33. The van der Waals surface area contributed by atoms with E-state index in [1.165, 1.54) is 0 Å². The molecule has 126 valence electrons. The predicted octanol–water partition coefficient (Wildman–Crippen LogP) is 3.71. The van der Waals surface area contributed by atoms with Gasteiger partial charge in [0.05, 0.1) is 11.6 Å². The van der Waals surface area contributed by atoms with Crippen LogP contribution in [0.1, 0.15) is 24.1 Å². The third-order valence-corrected chi connectivity index (χ3v) is 5.22. The monoisotopic (exact) mass is 388 g/mol. The van der Waals surface area contributed by atoms with Crippen molar-refractivity contribution in [2.24, 2.45) is 5.92 Å². The van der Waals surface area contributed by atoms with Crippen LogP contribution in [0.3, 0.4) is 0 Å². The number of rotatable bonds is 3. The molecule has 3 rings (SSSR count). The van der Waals surface area contributed by atoms with Crippen molar-refractivity contribution < 1.29 is 4.79 Å². The van der Waals surface area contributed by atoms with Gasteiger partial charge < -0.3 is 10.2 Å². The van der Waals surface area contributed by atoms with Gasteiger partial charge in [0.25, 0.3) is 0 Å². The molecule has 6 heteroatoms. The van der Waals surface area contributed by atoms with Crippen LogP contribution in [0.2, 0.25) is 0 Å². The molecule has 0 spiro atoms. The smallest absolute Gasteiger partial charge is 0.229 e. The van der Waals surface area contributed by atoms with Crippen LogP contribution >= 0.6 is 15.9 Å². The van der Waals surface area contributed by atoms with Crippen LogP contribution in [-0.4, -0.2) is 29.2 Å². The average Bonchev–Trinajstić information content (AvgIpc) is 2.59. The van der Waals surface area contributed by atoms with Gasteiger partial charge >= 0.3 is 0 Å². The number of nitrogens with zero attached hydrogens (tertiary/aromatic N) is 3. The van der Waals surface area contributed by atoms with Gasteiger partial charge in [-0.15, -0.1) is 5.10 Å². The Morgan fingerprint density at radius 2 is 2.08 bits per heavy atom. The van der Waals surface area contributed by atoms with Crippen LogP contribution < -0.4 is 10.2 Å². The molecule has 1 fully saturated rings. The molecule has 0 unspecified atom stereocenters. The normalized spacial score (nSPS) is 17.6. The number of halogens is 1. The Morgan fingerprint density at radius 1 is 1.25 bits per heavy atom. The van der Waals surface area contributed by atoms with Gasteiger partial charge in [0.1, 0.15) is 0 Å². The summed E-state index contributed by atoms with van der Waals surface area (Å²) in [4.78, 5) is 14.8. The lowest BCUT2D eigenvalue weighted by atomic mass is 9.97. The van der Waals surface area contributed by atoms with E-state index in [4.69, 9.17) is 0 Å². The van der Waals surface area contributed by atoms with Gasteiger partial charge in [-0.3, -0.25) is 4.79 Å². The zero-order chi connectivity index (χ0) is 17.1. The van der Waals surface area contributed by atoms with Crippen molar-refractivity contribution in [1.29, 1.82) is 0 Å². The second-order valence-electron chi connectivity index (χ2n) is 6.27. The van der Waals surface area contributed by atoms with Crippen LogP contribution in [-0.2, 0) is 4.79 Å². The number of aryl methyl sites for hydroxylation is 2. The van der Waals surface area contributed by atoms with Crippen molar-refractivity contribution >= 4 is 33.3 Å². The van der Waals surface area contributed by atoms with E-state index in [2.05, 4.69) is 36.3 Å². The minimum atomic E-state index is -0.0363. The highest BCUT2D eigenvalue weighted by atomic mass is 79.9. The van der Waals surface area contributed by atoms with Crippen LogP contribution in [0.25, 0.3) is 0 Å². The molecule has 1 amide bonds. The van der Waals surface area contributed by atoms with Gasteiger partial charge in [-0.1, -0.05) is 15.9 Å². The fourth-order valence-corrected chi connectivity index (χ4v) is 3.17. The summed E-state index contributed by atoms with van der Waals surface area (Å²) in [6.07, 6.45) is 1.88. The summed E-state index contributed by atoms with van der Waals surface area (Å²) in [5.74, 6) is 0.880. The van der Waals surface area contributed by atoms with Crippen LogP contribution in [0, 0.1) is 19.8 Å². The first-order valence-corrected chi connectivity index (χ1v) is 8.94. The Labute approximate surface area is 150 Å². The van der Waals surface area contributed by atoms with Gasteiger partial charge in [0.2, 0.25) is 5.91 Å². The Morgan fingerprint density at radius 3 is 2.79 bits per heavy atom. The topological polar surface area (TPSA) is 58.1 Å². The van der Waals surface area contributed by atoms with Crippen molar-refractivity contribution in [1.82, 2.24) is 10.2 Å². The molecule has 1 atom stereocenters. The lowest BCUT2D eigenvalue weighted by Gasteiger charge is -2.32. The minimum Gasteiger partial charge on any atom is -0.354 e. The molecule has 2 aromatic rings. The largest absolute Gasteiger partial charge is 0.354 e. The number of hydrogen-bond acceptors (Lipinski definition) is 4. The number of amides is 1. The summed E-state index contributed by atoms with van der Waals surface area (Å²) in [7, 11) is 0. The fraction of sp³-hybridized carbons (Fsp3) is 0.389. The van der Waals surface area contributed by atoms with E-state index < -0.39 is 0 Å². The molecule has 0 radical (unpaired) electrons. The van der Waals surface area contributed by atoms with Gasteiger partial charge in [0.15, 0.2) is 5.82 Å². The van der Waals surface area contributed by atoms with E-state index >= 15 is 0 Å².